The largest absolute Gasteiger partial charge is 0.376 e. The number of nitrogens with one attached hydrogen (secondary N) is 1. The molecular formula is C17H25N3O. The van der Waals surface area contributed by atoms with Gasteiger partial charge >= 0.3 is 0 Å². The Kier molecular flexibility index (Phi) is 3.82. The van der Waals surface area contributed by atoms with E-state index in [0.717, 1.165) is 25.0 Å². The topological polar surface area (TPSA) is 37.4 Å². The molecule has 1 aromatic heterocycles. The molecule has 0 amide bonds. The van der Waals surface area contributed by atoms with Crippen molar-refractivity contribution in [3.63, 3.8) is 0 Å². The Morgan fingerprint density at radius 1 is 1.14 bits per heavy atom. The zero-order chi connectivity index (χ0) is 14.1. The Morgan fingerprint density at radius 2 is 2.10 bits per heavy atom. The van der Waals surface area contributed by atoms with Crippen molar-refractivity contribution in [1.29, 1.82) is 0 Å². The molecule has 1 aliphatic carbocycles. The SMILES string of the molecule is c1ccc(N[C@@H]2CN(C3CCC3)C[C@@H]3CCCO[C@@H]32)nc1. The fraction of sp³-hybridized carbons (Fsp3) is 0.706. The summed E-state index contributed by atoms with van der Waals surface area (Å²) >= 11 is 0. The van der Waals surface area contributed by atoms with Crippen molar-refractivity contribution < 1.29 is 4.74 Å². The zero-order valence-electron chi connectivity index (χ0n) is 12.6. The van der Waals surface area contributed by atoms with E-state index in [-0.39, 0.29) is 0 Å². The molecule has 0 aromatic carbocycles. The van der Waals surface area contributed by atoms with Crippen molar-refractivity contribution in [2.75, 3.05) is 25.0 Å². The van der Waals surface area contributed by atoms with Gasteiger partial charge in [0.25, 0.3) is 0 Å². The van der Waals surface area contributed by atoms with Gasteiger partial charge < -0.3 is 10.1 Å². The quantitative estimate of drug-likeness (QED) is 0.927. The van der Waals surface area contributed by atoms with Crippen LogP contribution in [0.1, 0.15) is 32.1 Å². The van der Waals surface area contributed by atoms with Crippen LogP contribution in [0, 0.1) is 5.92 Å². The summed E-state index contributed by atoms with van der Waals surface area (Å²) in [7, 11) is 0. The third kappa shape index (κ3) is 2.79. The first-order chi connectivity index (χ1) is 10.4. The van der Waals surface area contributed by atoms with Crippen LogP contribution in [0.2, 0.25) is 0 Å². The third-order valence-electron chi connectivity index (χ3n) is 5.38. The molecule has 0 bridgehead atoms. The molecule has 0 unspecified atom stereocenters. The van der Waals surface area contributed by atoms with E-state index in [1.54, 1.807) is 0 Å². The second-order valence-corrected chi connectivity index (χ2v) is 6.74. The highest BCUT2D eigenvalue weighted by Gasteiger charge is 2.42. The molecule has 2 saturated heterocycles. The standard InChI is InChI=1S/C17H25N3O/c1-2-9-18-16(8-1)19-15-12-20(14-6-3-7-14)11-13-5-4-10-21-17(13)15/h1-2,8-9,13-15,17H,3-7,10-12H2,(H,18,19)/t13-,15+,17-/m0/s1. The van der Waals surface area contributed by atoms with Crippen molar-refractivity contribution in [2.24, 2.45) is 5.92 Å². The molecule has 4 rings (SSSR count). The maximum atomic E-state index is 6.13. The molecule has 3 fully saturated rings. The summed E-state index contributed by atoms with van der Waals surface area (Å²) in [6.07, 6.45) is 8.92. The summed E-state index contributed by atoms with van der Waals surface area (Å²) in [6, 6.07) is 7.26. The number of hydrogen-bond donors (Lipinski definition) is 1. The second-order valence-electron chi connectivity index (χ2n) is 6.74. The molecule has 21 heavy (non-hydrogen) atoms. The number of nitrogens with zero attached hydrogens (tertiary/aromatic N) is 2. The first-order valence-corrected chi connectivity index (χ1v) is 8.43. The average Bonchev–Trinajstić information content (AvgIpc) is 2.47. The lowest BCUT2D eigenvalue weighted by molar-refractivity contribution is -0.0861. The zero-order valence-corrected chi connectivity index (χ0v) is 12.6. The minimum atomic E-state index is 0.358. The maximum Gasteiger partial charge on any atom is 0.126 e. The summed E-state index contributed by atoms with van der Waals surface area (Å²) in [5, 5.41) is 3.64. The van der Waals surface area contributed by atoms with Gasteiger partial charge in [-0.1, -0.05) is 12.5 Å². The van der Waals surface area contributed by atoms with Gasteiger partial charge in [-0.15, -0.1) is 0 Å². The molecule has 114 valence electrons. The van der Waals surface area contributed by atoms with E-state index in [4.69, 9.17) is 4.74 Å². The molecule has 4 heteroatoms. The molecule has 0 radical (unpaired) electrons. The molecule has 1 N–H and O–H groups in total. The maximum absolute atomic E-state index is 6.13. The molecule has 3 aliphatic rings. The molecule has 2 aliphatic heterocycles. The summed E-state index contributed by atoms with van der Waals surface area (Å²) in [6.45, 7) is 3.25. The van der Waals surface area contributed by atoms with Gasteiger partial charge in [-0.3, -0.25) is 4.90 Å². The van der Waals surface area contributed by atoms with Crippen molar-refractivity contribution in [3.05, 3.63) is 24.4 Å². The van der Waals surface area contributed by atoms with E-state index >= 15 is 0 Å². The number of piperidine rings is 1. The van der Waals surface area contributed by atoms with Crippen LogP contribution < -0.4 is 5.32 Å². The van der Waals surface area contributed by atoms with Crippen LogP contribution in [0.25, 0.3) is 0 Å². The number of aromatic nitrogens is 1. The fourth-order valence-electron chi connectivity index (χ4n) is 4.05. The first kappa shape index (κ1) is 13.5. The van der Waals surface area contributed by atoms with E-state index in [9.17, 15) is 0 Å². The Hall–Kier alpha value is -1.13. The molecule has 4 nitrogen and oxygen atoms in total. The lowest BCUT2D eigenvalue weighted by Crippen LogP contribution is -2.60. The van der Waals surface area contributed by atoms with Gasteiger partial charge in [0.1, 0.15) is 5.82 Å². The normalized spacial score (nSPS) is 34.0. The van der Waals surface area contributed by atoms with Crippen molar-refractivity contribution in [1.82, 2.24) is 9.88 Å². The minimum Gasteiger partial charge on any atom is -0.376 e. The minimum absolute atomic E-state index is 0.358. The highest BCUT2D eigenvalue weighted by atomic mass is 16.5. The molecule has 1 aromatic rings. The van der Waals surface area contributed by atoms with Gasteiger partial charge in [-0.2, -0.15) is 0 Å². The van der Waals surface area contributed by atoms with Crippen LogP contribution in [0.15, 0.2) is 24.4 Å². The van der Waals surface area contributed by atoms with E-state index in [2.05, 4.69) is 21.3 Å². The second kappa shape index (κ2) is 5.93. The highest BCUT2D eigenvalue weighted by Crippen LogP contribution is 2.34. The predicted octanol–water partition coefficient (Wildman–Crippen LogP) is 2.53. The van der Waals surface area contributed by atoms with Gasteiger partial charge in [-0.05, 0) is 43.7 Å². The van der Waals surface area contributed by atoms with E-state index in [0.29, 0.717) is 18.1 Å². The van der Waals surface area contributed by atoms with Crippen molar-refractivity contribution >= 4 is 5.82 Å². The third-order valence-corrected chi connectivity index (χ3v) is 5.38. The Morgan fingerprint density at radius 3 is 2.86 bits per heavy atom. The summed E-state index contributed by atoms with van der Waals surface area (Å²) < 4.78 is 6.13. The summed E-state index contributed by atoms with van der Waals surface area (Å²) in [5.41, 5.74) is 0. The van der Waals surface area contributed by atoms with Crippen LogP contribution in [-0.2, 0) is 4.74 Å². The number of rotatable bonds is 3. The predicted molar refractivity (Wildman–Crippen MR) is 83.3 cm³/mol. The van der Waals surface area contributed by atoms with Crippen LogP contribution >= 0.6 is 0 Å². The number of pyridine rings is 1. The highest BCUT2D eigenvalue weighted by molar-refractivity contribution is 5.35. The number of ether oxygens (including phenoxy) is 1. The summed E-state index contributed by atoms with van der Waals surface area (Å²) in [4.78, 5) is 7.14. The number of anilines is 1. The molecule has 1 saturated carbocycles. The Labute approximate surface area is 126 Å². The van der Waals surface area contributed by atoms with Gasteiger partial charge in [0.2, 0.25) is 0 Å². The van der Waals surface area contributed by atoms with E-state index < -0.39 is 0 Å². The molecular weight excluding hydrogens is 262 g/mol. The number of likely N-dealkylation sites (tertiary alicyclic amines) is 1. The molecule has 0 spiro atoms. The van der Waals surface area contributed by atoms with Gasteiger partial charge in [-0.25, -0.2) is 4.98 Å². The van der Waals surface area contributed by atoms with Crippen LogP contribution in [0.3, 0.4) is 0 Å². The smallest absolute Gasteiger partial charge is 0.126 e. The number of hydrogen-bond acceptors (Lipinski definition) is 4. The van der Waals surface area contributed by atoms with Crippen molar-refractivity contribution in [2.45, 2.75) is 50.3 Å². The number of fused-ring (bicyclic) bond motifs is 1. The van der Waals surface area contributed by atoms with Crippen molar-refractivity contribution in [3.8, 4) is 0 Å². The van der Waals surface area contributed by atoms with E-state index in [1.807, 2.05) is 18.3 Å². The summed E-state index contributed by atoms with van der Waals surface area (Å²) in [5.74, 6) is 1.67. The molecule has 3 atom stereocenters. The average molecular weight is 287 g/mol. The van der Waals surface area contributed by atoms with Gasteiger partial charge in [0.05, 0.1) is 12.1 Å². The lowest BCUT2D eigenvalue weighted by atomic mass is 9.82. The first-order valence-electron chi connectivity index (χ1n) is 8.43. The van der Waals surface area contributed by atoms with Crippen LogP contribution in [0.5, 0.6) is 0 Å². The van der Waals surface area contributed by atoms with Crippen LogP contribution in [0.4, 0.5) is 5.82 Å². The van der Waals surface area contributed by atoms with Gasteiger partial charge in [0, 0.05) is 31.9 Å². The fourth-order valence-corrected chi connectivity index (χ4v) is 4.05. The lowest BCUT2D eigenvalue weighted by Gasteiger charge is -2.50. The monoisotopic (exact) mass is 287 g/mol. The van der Waals surface area contributed by atoms with Gasteiger partial charge in [0.15, 0.2) is 0 Å². The Balaban J connectivity index is 1.50. The molecule has 3 heterocycles. The van der Waals surface area contributed by atoms with E-state index in [1.165, 1.54) is 38.6 Å². The van der Waals surface area contributed by atoms with Crippen LogP contribution in [-0.4, -0.2) is 47.8 Å². The Bertz CT molecular complexity index is 462.